The minimum atomic E-state index is -0.810. The van der Waals surface area contributed by atoms with Gasteiger partial charge in [0.1, 0.15) is 6.10 Å². The Balaban J connectivity index is 1.39. The predicted molar refractivity (Wildman–Crippen MR) is 95.1 cm³/mol. The van der Waals surface area contributed by atoms with Gasteiger partial charge in [-0.05, 0) is 25.5 Å². The van der Waals surface area contributed by atoms with Gasteiger partial charge in [0.25, 0.3) is 0 Å². The summed E-state index contributed by atoms with van der Waals surface area (Å²) in [4.78, 5) is 31.1. The monoisotopic (exact) mass is 362 g/mol. The van der Waals surface area contributed by atoms with E-state index >= 15 is 0 Å². The second-order valence-corrected chi connectivity index (χ2v) is 6.87. The first-order valence-corrected chi connectivity index (χ1v) is 9.14. The maximum absolute atomic E-state index is 12.4. The van der Waals surface area contributed by atoms with Gasteiger partial charge in [0.2, 0.25) is 5.88 Å². The molecule has 1 unspecified atom stereocenters. The summed E-state index contributed by atoms with van der Waals surface area (Å²) in [6.45, 7) is 3.94. The number of carbonyl (C=O) groups is 2. The molecule has 3 rings (SSSR count). The molecule has 8 heteroatoms. The molecule has 2 aliphatic rings. The number of aromatic nitrogens is 1. The van der Waals surface area contributed by atoms with E-state index in [4.69, 9.17) is 9.84 Å². The van der Waals surface area contributed by atoms with Crippen LogP contribution in [0.1, 0.15) is 26.2 Å². The molecule has 1 aromatic rings. The Morgan fingerprint density at radius 2 is 2.23 bits per heavy atom. The lowest BCUT2D eigenvalue weighted by Crippen LogP contribution is -2.56. The molecule has 0 aromatic carbocycles. The first-order valence-electron chi connectivity index (χ1n) is 9.14. The first-order chi connectivity index (χ1) is 12.5. The Kier molecular flexibility index (Phi) is 5.92. The fourth-order valence-corrected chi connectivity index (χ4v) is 3.54. The number of carboxylic acid groups (broad SMARTS) is 1. The number of likely N-dealkylation sites (N-methyl/N-ethyl adjacent to an activating group) is 1. The lowest BCUT2D eigenvalue weighted by Gasteiger charge is -2.42. The number of rotatable bonds is 7. The summed E-state index contributed by atoms with van der Waals surface area (Å²) in [7, 11) is 0. The van der Waals surface area contributed by atoms with Gasteiger partial charge in [0, 0.05) is 37.3 Å². The third kappa shape index (κ3) is 4.63. The zero-order valence-corrected chi connectivity index (χ0v) is 15.0. The number of carbonyl (C=O) groups excluding carboxylic acids is 1. The molecule has 2 fully saturated rings. The highest BCUT2D eigenvalue weighted by atomic mass is 16.5. The number of nitrogens with one attached hydrogen (secondary N) is 1. The number of nitrogens with zero attached hydrogens (tertiary/aromatic N) is 3. The van der Waals surface area contributed by atoms with Gasteiger partial charge in [-0.1, -0.05) is 13.0 Å². The van der Waals surface area contributed by atoms with Crippen LogP contribution in [-0.2, 0) is 4.79 Å². The van der Waals surface area contributed by atoms with E-state index in [2.05, 4.69) is 10.3 Å². The summed E-state index contributed by atoms with van der Waals surface area (Å²) in [5, 5.41) is 12.0. The SMILES string of the molecule is CCN(CC(=O)O)C1CC(NC(=O)N2CCC(Oc3ccccn3)C2)C1. The van der Waals surface area contributed by atoms with Crippen molar-refractivity contribution in [2.45, 2.75) is 44.4 Å². The van der Waals surface area contributed by atoms with Crippen molar-refractivity contribution >= 4 is 12.0 Å². The van der Waals surface area contributed by atoms with Gasteiger partial charge in [-0.3, -0.25) is 9.69 Å². The minimum absolute atomic E-state index is 0.0315. The number of hydrogen-bond acceptors (Lipinski definition) is 5. The summed E-state index contributed by atoms with van der Waals surface area (Å²) in [5.41, 5.74) is 0. The highest BCUT2D eigenvalue weighted by Crippen LogP contribution is 2.26. The summed E-state index contributed by atoms with van der Waals surface area (Å²) in [5.74, 6) is -0.227. The maximum Gasteiger partial charge on any atom is 0.317 e. The maximum atomic E-state index is 12.4. The van der Waals surface area contributed by atoms with Crippen molar-refractivity contribution < 1.29 is 19.4 Å². The van der Waals surface area contributed by atoms with Gasteiger partial charge in [-0.15, -0.1) is 0 Å². The van der Waals surface area contributed by atoms with Gasteiger partial charge in [0.15, 0.2) is 0 Å². The summed E-state index contributed by atoms with van der Waals surface area (Å²) < 4.78 is 5.81. The van der Waals surface area contributed by atoms with E-state index < -0.39 is 5.97 Å². The van der Waals surface area contributed by atoms with E-state index in [1.54, 1.807) is 11.1 Å². The Bertz CT molecular complexity index is 621. The molecule has 1 aliphatic carbocycles. The van der Waals surface area contributed by atoms with Crippen LogP contribution in [0.25, 0.3) is 0 Å². The lowest BCUT2D eigenvalue weighted by atomic mass is 9.85. The van der Waals surface area contributed by atoms with E-state index in [-0.39, 0.29) is 30.8 Å². The number of amides is 2. The Morgan fingerprint density at radius 3 is 2.88 bits per heavy atom. The molecule has 1 aromatic heterocycles. The minimum Gasteiger partial charge on any atom is -0.480 e. The lowest BCUT2D eigenvalue weighted by molar-refractivity contribution is -0.139. The second kappa shape index (κ2) is 8.35. The van der Waals surface area contributed by atoms with Crippen molar-refractivity contribution in [2.75, 3.05) is 26.2 Å². The van der Waals surface area contributed by atoms with Crippen molar-refractivity contribution in [3.63, 3.8) is 0 Å². The van der Waals surface area contributed by atoms with Crippen LogP contribution in [0, 0.1) is 0 Å². The van der Waals surface area contributed by atoms with Gasteiger partial charge >= 0.3 is 12.0 Å². The van der Waals surface area contributed by atoms with Gasteiger partial charge in [-0.2, -0.15) is 0 Å². The van der Waals surface area contributed by atoms with Crippen molar-refractivity contribution in [3.05, 3.63) is 24.4 Å². The molecule has 142 valence electrons. The average molecular weight is 362 g/mol. The molecular weight excluding hydrogens is 336 g/mol. The van der Waals surface area contributed by atoms with Crippen LogP contribution in [0.3, 0.4) is 0 Å². The number of aliphatic carboxylic acids is 1. The molecule has 26 heavy (non-hydrogen) atoms. The van der Waals surface area contributed by atoms with Crippen LogP contribution < -0.4 is 10.1 Å². The van der Waals surface area contributed by atoms with Gasteiger partial charge < -0.3 is 20.1 Å². The van der Waals surface area contributed by atoms with Crippen molar-refractivity contribution in [2.24, 2.45) is 0 Å². The third-order valence-corrected chi connectivity index (χ3v) is 5.06. The van der Waals surface area contributed by atoms with Crippen molar-refractivity contribution in [1.82, 2.24) is 20.1 Å². The fraction of sp³-hybridized carbons (Fsp3) is 0.611. The number of hydrogen-bond donors (Lipinski definition) is 2. The highest BCUT2D eigenvalue weighted by molar-refractivity contribution is 5.75. The van der Waals surface area contributed by atoms with Gasteiger partial charge in [-0.25, -0.2) is 9.78 Å². The third-order valence-electron chi connectivity index (χ3n) is 5.06. The van der Waals surface area contributed by atoms with Crippen LogP contribution in [-0.4, -0.2) is 76.3 Å². The number of pyridine rings is 1. The molecular formula is C18H26N4O4. The molecule has 2 amide bonds. The number of urea groups is 1. The molecule has 0 spiro atoms. The van der Waals surface area contributed by atoms with E-state index in [1.165, 1.54) is 0 Å². The van der Waals surface area contributed by atoms with Crippen LogP contribution in [0.2, 0.25) is 0 Å². The topological polar surface area (TPSA) is 95.0 Å². The molecule has 2 N–H and O–H groups in total. The molecule has 8 nitrogen and oxygen atoms in total. The average Bonchev–Trinajstić information content (AvgIpc) is 3.05. The summed E-state index contributed by atoms with van der Waals surface area (Å²) >= 11 is 0. The standard InChI is InChI=1S/C18H26N4O4/c1-2-21(12-17(23)24)14-9-13(10-14)20-18(25)22-8-6-15(11-22)26-16-5-3-4-7-19-16/h3-5,7,13-15H,2,6,8-12H2,1H3,(H,20,25)(H,23,24). The summed E-state index contributed by atoms with van der Waals surface area (Å²) in [6.07, 6.45) is 4.05. The zero-order valence-electron chi connectivity index (χ0n) is 15.0. The number of likely N-dealkylation sites (tertiary alicyclic amines) is 1. The van der Waals surface area contributed by atoms with Crippen molar-refractivity contribution in [3.8, 4) is 5.88 Å². The normalized spacial score (nSPS) is 25.0. The van der Waals surface area contributed by atoms with E-state index in [0.29, 0.717) is 25.5 Å². The molecule has 2 heterocycles. The van der Waals surface area contributed by atoms with Crippen LogP contribution in [0.15, 0.2) is 24.4 Å². The zero-order chi connectivity index (χ0) is 18.5. The van der Waals surface area contributed by atoms with E-state index in [9.17, 15) is 9.59 Å². The van der Waals surface area contributed by atoms with E-state index in [1.807, 2.05) is 30.0 Å². The van der Waals surface area contributed by atoms with E-state index in [0.717, 1.165) is 19.3 Å². The quantitative estimate of drug-likeness (QED) is 0.756. The Hall–Kier alpha value is -2.35. The fourth-order valence-electron chi connectivity index (χ4n) is 3.54. The van der Waals surface area contributed by atoms with Crippen LogP contribution >= 0.6 is 0 Å². The molecule has 0 bridgehead atoms. The molecule has 1 aliphatic heterocycles. The van der Waals surface area contributed by atoms with Crippen LogP contribution in [0.4, 0.5) is 4.79 Å². The number of ether oxygens (including phenoxy) is 1. The largest absolute Gasteiger partial charge is 0.480 e. The second-order valence-electron chi connectivity index (χ2n) is 6.87. The van der Waals surface area contributed by atoms with Crippen LogP contribution in [0.5, 0.6) is 5.88 Å². The smallest absolute Gasteiger partial charge is 0.317 e. The molecule has 1 saturated heterocycles. The highest BCUT2D eigenvalue weighted by Gasteiger charge is 2.36. The van der Waals surface area contributed by atoms with Gasteiger partial charge in [0.05, 0.1) is 13.1 Å². The Labute approximate surface area is 153 Å². The van der Waals surface area contributed by atoms with Crippen molar-refractivity contribution in [1.29, 1.82) is 0 Å². The molecule has 0 radical (unpaired) electrons. The number of carboxylic acids is 1. The predicted octanol–water partition coefficient (Wildman–Crippen LogP) is 1.18. The molecule has 1 saturated carbocycles. The molecule has 1 atom stereocenters. The first kappa shape index (κ1) is 18.4. The Morgan fingerprint density at radius 1 is 1.42 bits per heavy atom. The summed E-state index contributed by atoms with van der Waals surface area (Å²) in [6, 6.07) is 5.81.